The maximum absolute atomic E-state index is 12.2. The highest BCUT2D eigenvalue weighted by Gasteiger charge is 2.22. The summed E-state index contributed by atoms with van der Waals surface area (Å²) in [5.41, 5.74) is 2.05. The van der Waals surface area contributed by atoms with Gasteiger partial charge in [0.25, 0.3) is 0 Å². The van der Waals surface area contributed by atoms with E-state index in [1.54, 1.807) is 29.5 Å². The van der Waals surface area contributed by atoms with Crippen LogP contribution in [0.15, 0.2) is 36.0 Å². The topological polar surface area (TPSA) is 63.7 Å². The molecule has 0 spiro atoms. The second kappa shape index (κ2) is 8.00. The van der Waals surface area contributed by atoms with Gasteiger partial charge in [-0.2, -0.15) is 0 Å². The number of nitrogens with one attached hydrogen (secondary N) is 1. The SMILES string of the molecule is COc1ccc(C2=CN(Cc3nccs3)C(=O)NC2)cc1OC1CCCC1. The van der Waals surface area contributed by atoms with E-state index in [1.165, 1.54) is 12.8 Å². The molecular weight excluding hydrogens is 362 g/mol. The largest absolute Gasteiger partial charge is 0.493 e. The second-order valence-electron chi connectivity index (χ2n) is 6.76. The molecule has 0 atom stereocenters. The molecule has 0 bridgehead atoms. The molecule has 2 aromatic rings. The zero-order valence-electron chi connectivity index (χ0n) is 15.3. The maximum atomic E-state index is 12.2. The fourth-order valence-corrected chi connectivity index (χ4v) is 4.10. The average molecular weight is 385 g/mol. The van der Waals surface area contributed by atoms with Crippen molar-refractivity contribution in [2.75, 3.05) is 13.7 Å². The highest BCUT2D eigenvalue weighted by molar-refractivity contribution is 7.09. The summed E-state index contributed by atoms with van der Waals surface area (Å²) in [6, 6.07) is 5.85. The molecule has 142 valence electrons. The van der Waals surface area contributed by atoms with Crippen LogP contribution in [0.1, 0.15) is 36.3 Å². The van der Waals surface area contributed by atoms with Crippen molar-refractivity contribution in [3.05, 3.63) is 46.5 Å². The molecule has 0 saturated heterocycles. The fraction of sp³-hybridized carbons (Fsp3) is 0.400. The molecule has 2 heterocycles. The number of carbonyl (C=O) groups is 1. The zero-order chi connectivity index (χ0) is 18.6. The number of hydrogen-bond donors (Lipinski definition) is 1. The first-order valence-corrected chi connectivity index (χ1v) is 10.1. The van der Waals surface area contributed by atoms with Crippen molar-refractivity contribution in [3.8, 4) is 11.5 Å². The monoisotopic (exact) mass is 385 g/mol. The Labute approximate surface area is 162 Å². The van der Waals surface area contributed by atoms with Crippen molar-refractivity contribution in [2.45, 2.75) is 38.3 Å². The van der Waals surface area contributed by atoms with Crippen LogP contribution in [0.5, 0.6) is 11.5 Å². The summed E-state index contributed by atoms with van der Waals surface area (Å²) < 4.78 is 11.7. The van der Waals surface area contributed by atoms with Gasteiger partial charge in [-0.3, -0.25) is 4.90 Å². The molecule has 27 heavy (non-hydrogen) atoms. The first kappa shape index (κ1) is 17.9. The Kier molecular flexibility index (Phi) is 5.29. The molecular formula is C20H23N3O3S. The van der Waals surface area contributed by atoms with Crippen molar-refractivity contribution in [3.63, 3.8) is 0 Å². The molecule has 0 radical (unpaired) electrons. The standard InChI is InChI=1S/C20H23N3O3S/c1-25-17-7-6-14(10-18(17)26-16-4-2-3-5-16)15-11-22-20(24)23(12-15)13-19-21-8-9-27-19/h6-10,12,16H,2-5,11,13H2,1H3,(H,22,24). The summed E-state index contributed by atoms with van der Waals surface area (Å²) in [5, 5.41) is 5.76. The Balaban J connectivity index is 1.58. The third kappa shape index (κ3) is 4.08. The van der Waals surface area contributed by atoms with E-state index in [9.17, 15) is 4.79 Å². The minimum absolute atomic E-state index is 0.107. The molecule has 1 saturated carbocycles. The summed E-state index contributed by atoms with van der Waals surface area (Å²) in [7, 11) is 1.66. The molecule has 0 unspecified atom stereocenters. The number of methoxy groups -OCH3 is 1. The Hall–Kier alpha value is -2.54. The lowest BCUT2D eigenvalue weighted by atomic mass is 10.0. The molecule has 2 aliphatic rings. The third-order valence-electron chi connectivity index (χ3n) is 4.92. The summed E-state index contributed by atoms with van der Waals surface area (Å²) in [5.74, 6) is 1.51. The summed E-state index contributed by atoms with van der Waals surface area (Å²) in [6.07, 6.45) is 8.53. The predicted molar refractivity (Wildman–Crippen MR) is 105 cm³/mol. The Morgan fingerprint density at radius 2 is 2.15 bits per heavy atom. The lowest BCUT2D eigenvalue weighted by Crippen LogP contribution is -2.41. The van der Waals surface area contributed by atoms with Crippen LogP contribution in [0.25, 0.3) is 5.57 Å². The van der Waals surface area contributed by atoms with E-state index in [0.717, 1.165) is 40.5 Å². The van der Waals surface area contributed by atoms with Gasteiger partial charge >= 0.3 is 6.03 Å². The van der Waals surface area contributed by atoms with Crippen LogP contribution >= 0.6 is 11.3 Å². The van der Waals surface area contributed by atoms with Gasteiger partial charge in [-0.1, -0.05) is 6.07 Å². The van der Waals surface area contributed by atoms with E-state index in [1.807, 2.05) is 29.8 Å². The molecule has 2 amide bonds. The highest BCUT2D eigenvalue weighted by Crippen LogP contribution is 2.34. The molecule has 1 aromatic heterocycles. The van der Waals surface area contributed by atoms with Crippen molar-refractivity contribution < 1.29 is 14.3 Å². The quantitative estimate of drug-likeness (QED) is 0.815. The van der Waals surface area contributed by atoms with Crippen LogP contribution in [-0.2, 0) is 6.54 Å². The first-order chi connectivity index (χ1) is 13.2. The van der Waals surface area contributed by atoms with Crippen LogP contribution in [0.4, 0.5) is 4.79 Å². The predicted octanol–water partition coefficient (Wildman–Crippen LogP) is 4.04. The number of amides is 2. The number of nitrogens with zero attached hydrogens (tertiary/aromatic N) is 2. The zero-order valence-corrected chi connectivity index (χ0v) is 16.1. The number of ether oxygens (including phenoxy) is 2. The van der Waals surface area contributed by atoms with Crippen LogP contribution in [-0.4, -0.2) is 35.7 Å². The van der Waals surface area contributed by atoms with Crippen molar-refractivity contribution >= 4 is 22.9 Å². The van der Waals surface area contributed by atoms with Gasteiger partial charge in [0.1, 0.15) is 5.01 Å². The lowest BCUT2D eigenvalue weighted by Gasteiger charge is -2.26. The van der Waals surface area contributed by atoms with Gasteiger partial charge in [0.2, 0.25) is 0 Å². The van der Waals surface area contributed by atoms with E-state index in [4.69, 9.17) is 9.47 Å². The van der Waals surface area contributed by atoms with Crippen molar-refractivity contribution in [1.29, 1.82) is 0 Å². The Morgan fingerprint density at radius 3 is 2.89 bits per heavy atom. The molecule has 1 fully saturated rings. The molecule has 7 heteroatoms. The maximum Gasteiger partial charge on any atom is 0.322 e. The Morgan fingerprint density at radius 1 is 1.30 bits per heavy atom. The normalized spacial score (nSPS) is 17.6. The molecule has 1 aliphatic heterocycles. The summed E-state index contributed by atoms with van der Waals surface area (Å²) >= 11 is 1.54. The highest BCUT2D eigenvalue weighted by atomic mass is 32.1. The van der Waals surface area contributed by atoms with Gasteiger partial charge in [0.15, 0.2) is 11.5 Å². The number of aromatic nitrogens is 1. The number of thiazole rings is 1. The van der Waals surface area contributed by atoms with Crippen LogP contribution < -0.4 is 14.8 Å². The smallest absolute Gasteiger partial charge is 0.322 e. The van der Waals surface area contributed by atoms with Gasteiger partial charge < -0.3 is 14.8 Å². The minimum Gasteiger partial charge on any atom is -0.493 e. The minimum atomic E-state index is -0.107. The number of urea groups is 1. The van der Waals surface area contributed by atoms with E-state index in [0.29, 0.717) is 13.1 Å². The van der Waals surface area contributed by atoms with Gasteiger partial charge in [0, 0.05) is 24.3 Å². The van der Waals surface area contributed by atoms with Gasteiger partial charge in [-0.05, 0) is 49.0 Å². The van der Waals surface area contributed by atoms with E-state index < -0.39 is 0 Å². The second-order valence-corrected chi connectivity index (χ2v) is 7.74. The molecule has 1 aliphatic carbocycles. The average Bonchev–Trinajstić information content (AvgIpc) is 3.38. The number of benzene rings is 1. The van der Waals surface area contributed by atoms with Crippen LogP contribution in [0, 0.1) is 0 Å². The van der Waals surface area contributed by atoms with E-state index in [-0.39, 0.29) is 12.1 Å². The number of carbonyl (C=O) groups excluding carboxylic acids is 1. The summed E-state index contributed by atoms with van der Waals surface area (Å²) in [6.45, 7) is 0.955. The molecule has 1 aromatic carbocycles. The van der Waals surface area contributed by atoms with E-state index in [2.05, 4.69) is 10.3 Å². The summed E-state index contributed by atoms with van der Waals surface area (Å²) in [4.78, 5) is 18.1. The molecule has 1 N–H and O–H groups in total. The van der Waals surface area contributed by atoms with Gasteiger partial charge in [0.05, 0.1) is 19.8 Å². The lowest BCUT2D eigenvalue weighted by molar-refractivity contribution is 0.200. The fourth-order valence-electron chi connectivity index (χ4n) is 3.49. The molecule has 4 rings (SSSR count). The van der Waals surface area contributed by atoms with Gasteiger partial charge in [-0.15, -0.1) is 11.3 Å². The van der Waals surface area contributed by atoms with Crippen LogP contribution in [0.2, 0.25) is 0 Å². The third-order valence-corrected chi connectivity index (χ3v) is 5.69. The van der Waals surface area contributed by atoms with Crippen LogP contribution in [0.3, 0.4) is 0 Å². The first-order valence-electron chi connectivity index (χ1n) is 9.21. The van der Waals surface area contributed by atoms with Crippen molar-refractivity contribution in [2.24, 2.45) is 0 Å². The molecule has 6 nitrogen and oxygen atoms in total. The number of rotatable bonds is 6. The van der Waals surface area contributed by atoms with E-state index >= 15 is 0 Å². The van der Waals surface area contributed by atoms with Crippen molar-refractivity contribution in [1.82, 2.24) is 15.2 Å². The van der Waals surface area contributed by atoms with Gasteiger partial charge in [-0.25, -0.2) is 9.78 Å². The Bertz CT molecular complexity index is 829. The number of hydrogen-bond acceptors (Lipinski definition) is 5.